The van der Waals surface area contributed by atoms with Gasteiger partial charge in [0.25, 0.3) is 0 Å². The van der Waals surface area contributed by atoms with Crippen molar-refractivity contribution in [1.82, 2.24) is 19.9 Å². The van der Waals surface area contributed by atoms with Gasteiger partial charge in [0.15, 0.2) is 11.5 Å². The van der Waals surface area contributed by atoms with Crippen LogP contribution in [0.25, 0.3) is 22.4 Å². The molecule has 0 saturated heterocycles. The van der Waals surface area contributed by atoms with Gasteiger partial charge in [-0.25, -0.2) is 15.0 Å². The SMILES string of the molecule is COc1ccc(CNc2ncc3c(n2)-c2cccnc2Nc2cnccc2-3)cc1OC. The molecule has 0 unspecified atom stereocenters. The fraction of sp³-hybridized carbons (Fsp3) is 0.130. The summed E-state index contributed by atoms with van der Waals surface area (Å²) in [5, 5.41) is 6.67. The van der Waals surface area contributed by atoms with Crippen LogP contribution in [0, 0.1) is 0 Å². The normalized spacial score (nSPS) is 11.3. The van der Waals surface area contributed by atoms with Gasteiger partial charge in [0, 0.05) is 41.8 Å². The second-order valence-electron chi connectivity index (χ2n) is 6.94. The fourth-order valence-corrected chi connectivity index (χ4v) is 3.59. The number of hydrogen-bond acceptors (Lipinski definition) is 8. The van der Waals surface area contributed by atoms with Crippen LogP contribution >= 0.6 is 0 Å². The van der Waals surface area contributed by atoms with Crippen LogP contribution in [0.15, 0.2) is 61.2 Å². The maximum Gasteiger partial charge on any atom is 0.223 e. The first-order valence-electron chi connectivity index (χ1n) is 9.75. The van der Waals surface area contributed by atoms with E-state index in [0.717, 1.165) is 39.5 Å². The van der Waals surface area contributed by atoms with Crippen molar-refractivity contribution >= 4 is 17.5 Å². The van der Waals surface area contributed by atoms with Crippen molar-refractivity contribution in [1.29, 1.82) is 0 Å². The third-order valence-electron chi connectivity index (χ3n) is 5.11. The minimum Gasteiger partial charge on any atom is -0.493 e. The fourth-order valence-electron chi connectivity index (χ4n) is 3.59. The molecular formula is C23H20N6O2. The molecule has 0 radical (unpaired) electrons. The minimum absolute atomic E-state index is 0.529. The molecule has 1 aliphatic rings. The molecule has 0 aliphatic carbocycles. The number of benzene rings is 1. The molecule has 8 heteroatoms. The zero-order valence-electron chi connectivity index (χ0n) is 17.1. The molecule has 0 saturated carbocycles. The maximum atomic E-state index is 5.39. The molecule has 3 aromatic heterocycles. The summed E-state index contributed by atoms with van der Waals surface area (Å²) in [7, 11) is 3.24. The standard InChI is InChI=1S/C23H20N6O2/c1-30-19-6-5-14(10-20(19)31-2)11-26-23-27-12-17-15-7-9-24-13-18(15)28-22-16(21(17)29-23)4-3-8-25-22/h3-10,12-13H,11H2,1-2H3,(H,25,28)(H,26,27,29). The van der Waals surface area contributed by atoms with Crippen molar-refractivity contribution in [2.24, 2.45) is 0 Å². The lowest BCUT2D eigenvalue weighted by molar-refractivity contribution is 0.354. The highest BCUT2D eigenvalue weighted by molar-refractivity contribution is 5.95. The largest absolute Gasteiger partial charge is 0.493 e. The first-order chi connectivity index (χ1) is 15.3. The molecule has 4 heterocycles. The first-order valence-corrected chi connectivity index (χ1v) is 9.75. The van der Waals surface area contributed by atoms with Crippen molar-refractivity contribution in [3.05, 3.63) is 66.7 Å². The summed E-state index contributed by atoms with van der Waals surface area (Å²) >= 11 is 0. The number of nitrogens with one attached hydrogen (secondary N) is 2. The second-order valence-corrected chi connectivity index (χ2v) is 6.94. The van der Waals surface area contributed by atoms with Gasteiger partial charge >= 0.3 is 0 Å². The van der Waals surface area contributed by atoms with Gasteiger partial charge < -0.3 is 20.1 Å². The van der Waals surface area contributed by atoms with E-state index in [4.69, 9.17) is 14.5 Å². The maximum absolute atomic E-state index is 5.39. The highest BCUT2D eigenvalue weighted by atomic mass is 16.5. The Morgan fingerprint density at radius 1 is 0.903 bits per heavy atom. The van der Waals surface area contributed by atoms with Crippen LogP contribution < -0.4 is 20.1 Å². The van der Waals surface area contributed by atoms with E-state index >= 15 is 0 Å². The number of methoxy groups -OCH3 is 2. The zero-order chi connectivity index (χ0) is 21.2. The number of hydrogen-bond donors (Lipinski definition) is 2. The van der Waals surface area contributed by atoms with Crippen LogP contribution in [0.4, 0.5) is 17.5 Å². The molecule has 0 fully saturated rings. The number of anilines is 3. The van der Waals surface area contributed by atoms with Crippen molar-refractivity contribution in [2.45, 2.75) is 6.54 Å². The third-order valence-corrected chi connectivity index (χ3v) is 5.11. The molecule has 31 heavy (non-hydrogen) atoms. The Morgan fingerprint density at radius 3 is 2.68 bits per heavy atom. The number of nitrogens with zero attached hydrogens (tertiary/aromatic N) is 4. The molecule has 8 nitrogen and oxygen atoms in total. The Bertz CT molecular complexity index is 1260. The van der Waals surface area contributed by atoms with Crippen LogP contribution in [0.5, 0.6) is 11.5 Å². The summed E-state index contributed by atoms with van der Waals surface area (Å²) in [6.07, 6.45) is 7.13. The van der Waals surface area contributed by atoms with Gasteiger partial charge in [-0.2, -0.15) is 0 Å². The van der Waals surface area contributed by atoms with Crippen molar-refractivity contribution in [3.63, 3.8) is 0 Å². The average Bonchev–Trinajstić information content (AvgIpc) is 2.96. The molecule has 5 rings (SSSR count). The molecule has 0 atom stereocenters. The molecule has 0 bridgehead atoms. The highest BCUT2D eigenvalue weighted by Gasteiger charge is 2.22. The lowest BCUT2D eigenvalue weighted by Crippen LogP contribution is -2.05. The van der Waals surface area contributed by atoms with E-state index < -0.39 is 0 Å². The zero-order valence-corrected chi connectivity index (χ0v) is 17.1. The highest BCUT2D eigenvalue weighted by Crippen LogP contribution is 2.41. The van der Waals surface area contributed by atoms with Gasteiger partial charge in [0.1, 0.15) is 5.82 Å². The Balaban J connectivity index is 1.50. The van der Waals surface area contributed by atoms with Gasteiger partial charge in [0.05, 0.1) is 31.8 Å². The van der Waals surface area contributed by atoms with Gasteiger partial charge in [0.2, 0.25) is 5.95 Å². The molecule has 1 aromatic carbocycles. The van der Waals surface area contributed by atoms with Crippen molar-refractivity contribution in [3.8, 4) is 33.9 Å². The van der Waals surface area contributed by atoms with Crippen molar-refractivity contribution < 1.29 is 9.47 Å². The molecule has 0 spiro atoms. The van der Waals surface area contributed by atoms with E-state index in [0.29, 0.717) is 24.0 Å². The summed E-state index contributed by atoms with van der Waals surface area (Å²) in [6, 6.07) is 11.6. The van der Waals surface area contributed by atoms with Crippen LogP contribution in [-0.4, -0.2) is 34.2 Å². The topological polar surface area (TPSA) is 94.1 Å². The first kappa shape index (κ1) is 18.8. The van der Waals surface area contributed by atoms with Gasteiger partial charge in [-0.05, 0) is 35.9 Å². The van der Waals surface area contributed by atoms with Gasteiger partial charge in [-0.1, -0.05) is 6.07 Å². The molecule has 0 amide bonds. The quantitative estimate of drug-likeness (QED) is 0.442. The average molecular weight is 412 g/mol. The number of aromatic nitrogens is 4. The predicted octanol–water partition coefficient (Wildman–Crippen LogP) is 4.29. The predicted molar refractivity (Wildman–Crippen MR) is 119 cm³/mol. The summed E-state index contributed by atoms with van der Waals surface area (Å²) < 4.78 is 10.7. The molecular weight excluding hydrogens is 392 g/mol. The Hall–Kier alpha value is -4.20. The van der Waals surface area contributed by atoms with Crippen LogP contribution in [0.3, 0.4) is 0 Å². The molecule has 4 aromatic rings. The number of ether oxygens (including phenoxy) is 2. The van der Waals surface area contributed by atoms with Crippen LogP contribution in [0.1, 0.15) is 5.56 Å². The lowest BCUT2D eigenvalue weighted by atomic mass is 10.0. The Morgan fingerprint density at radius 2 is 1.81 bits per heavy atom. The van der Waals surface area contributed by atoms with Crippen LogP contribution in [0.2, 0.25) is 0 Å². The van der Waals surface area contributed by atoms with Crippen molar-refractivity contribution in [2.75, 3.05) is 24.9 Å². The minimum atomic E-state index is 0.529. The van der Waals surface area contributed by atoms with Gasteiger partial charge in [-0.3, -0.25) is 4.98 Å². The third kappa shape index (κ3) is 3.48. The monoisotopic (exact) mass is 412 g/mol. The summed E-state index contributed by atoms with van der Waals surface area (Å²) in [5.41, 5.74) is 5.52. The van der Waals surface area contributed by atoms with E-state index in [-0.39, 0.29) is 0 Å². The van der Waals surface area contributed by atoms with E-state index in [2.05, 4.69) is 25.6 Å². The Labute approximate surface area is 179 Å². The smallest absolute Gasteiger partial charge is 0.223 e. The molecule has 1 aliphatic heterocycles. The van der Waals surface area contributed by atoms with Gasteiger partial charge in [-0.15, -0.1) is 0 Å². The second kappa shape index (κ2) is 7.91. The van der Waals surface area contributed by atoms with E-state index in [1.807, 2.05) is 42.6 Å². The summed E-state index contributed by atoms with van der Waals surface area (Å²) in [6.45, 7) is 0.539. The number of fused-ring (bicyclic) bond motifs is 5. The molecule has 154 valence electrons. The summed E-state index contributed by atoms with van der Waals surface area (Å²) in [5.74, 6) is 2.64. The van der Waals surface area contributed by atoms with E-state index in [1.165, 1.54) is 0 Å². The van der Waals surface area contributed by atoms with Crippen LogP contribution in [-0.2, 0) is 6.54 Å². The number of rotatable bonds is 5. The van der Waals surface area contributed by atoms with E-state index in [1.54, 1.807) is 32.8 Å². The van der Waals surface area contributed by atoms with E-state index in [9.17, 15) is 0 Å². The number of pyridine rings is 2. The Kier molecular flexibility index (Phi) is 4.80. The lowest BCUT2D eigenvalue weighted by Gasteiger charge is -2.12. The summed E-state index contributed by atoms with van der Waals surface area (Å²) in [4.78, 5) is 18.1. The molecule has 2 N–H and O–H groups in total.